The van der Waals surface area contributed by atoms with Crippen molar-refractivity contribution in [2.24, 2.45) is 0 Å². The molecule has 0 unspecified atom stereocenters. The maximum absolute atomic E-state index is 3.25. The van der Waals surface area contributed by atoms with Gasteiger partial charge in [0, 0.05) is 0 Å². The van der Waals surface area contributed by atoms with Crippen molar-refractivity contribution in [1.82, 2.24) is 0 Å². The Morgan fingerprint density at radius 1 is 1.00 bits per heavy atom. The van der Waals surface area contributed by atoms with Gasteiger partial charge in [0.05, 0.1) is 7.05 Å². The third-order valence-electron chi connectivity index (χ3n) is 0. The molecule has 0 aromatic rings. The normalized spacial score (nSPS) is 8.25. The van der Waals surface area contributed by atoms with Crippen molar-refractivity contribution in [3.05, 3.63) is 0 Å². The molecule has 0 bridgehead atoms. The maximum atomic E-state index is 3.25. The van der Waals surface area contributed by atoms with Crippen molar-refractivity contribution < 1.29 is 29.7 Å². The van der Waals surface area contributed by atoms with Gasteiger partial charge < -0.3 is 29.7 Å². The molecule has 0 aromatic heterocycles. The molecule has 8 heavy (non-hydrogen) atoms. The van der Waals surface area contributed by atoms with Crippen LogP contribution in [0.3, 0.4) is 0 Å². The predicted molar refractivity (Wildman–Crippen MR) is 70.6 cm³/mol. The van der Waals surface area contributed by atoms with E-state index in [0.29, 0.717) is 0 Å². The molecule has 0 rings (SSSR count). The van der Waals surface area contributed by atoms with Crippen LogP contribution in [0.15, 0.2) is 0 Å². The predicted octanol–water partition coefficient (Wildman–Crippen LogP) is -0.976. The van der Waals surface area contributed by atoms with Crippen molar-refractivity contribution in [3.63, 3.8) is 0 Å². The second kappa shape index (κ2) is 11.5. The second-order valence-corrected chi connectivity index (χ2v) is 169. The van der Waals surface area contributed by atoms with Crippen LogP contribution in [0.4, 0.5) is 0 Å². The van der Waals surface area contributed by atoms with E-state index in [9.17, 15) is 0 Å². The van der Waals surface area contributed by atoms with E-state index in [4.69, 9.17) is 0 Å². The van der Waals surface area contributed by atoms with E-state index in [1.807, 2.05) is 0 Å². The van der Waals surface area contributed by atoms with Gasteiger partial charge in [-0.2, -0.15) is 0 Å². The first-order chi connectivity index (χ1) is 3.00. The summed E-state index contributed by atoms with van der Waals surface area (Å²) in [6, 6.07) is 0. The van der Waals surface area contributed by atoms with Crippen molar-refractivity contribution in [3.8, 4) is 0 Å². The molecule has 0 aliphatic heterocycles. The Balaban J connectivity index is -0.0000000750. The zero-order valence-corrected chi connectivity index (χ0v) is 18.8. The summed E-state index contributed by atoms with van der Waals surface area (Å²) in [4.78, 5) is 0. The second-order valence-electron chi connectivity index (χ2n) is 0.429. The van der Waals surface area contributed by atoms with Crippen molar-refractivity contribution in [1.29, 1.82) is 0 Å². The van der Waals surface area contributed by atoms with Gasteiger partial charge in [-0.05, 0) is 0 Å². The van der Waals surface area contributed by atoms with Crippen LogP contribution in [-0.2, 0) is 0 Å². The summed E-state index contributed by atoms with van der Waals surface area (Å²) in [5.41, 5.74) is 3.25. The summed E-state index contributed by atoms with van der Waals surface area (Å²) < 4.78 is -1.40. The quantitative estimate of drug-likeness (QED) is 0.240. The Morgan fingerprint density at radius 2 is 1.00 bits per heavy atom. The molecule has 54 valence electrons. The Morgan fingerprint density at radius 3 is 1.00 bits per heavy atom. The van der Waals surface area contributed by atoms with Gasteiger partial charge in [0.25, 0.3) is 0 Å². The summed E-state index contributed by atoms with van der Waals surface area (Å²) in [6.45, 7) is 0. The van der Waals surface area contributed by atoms with Crippen LogP contribution in [0.1, 0.15) is 0 Å². The molecule has 0 atom stereocenters. The minimum absolute atomic E-state index is 0. The van der Waals surface area contributed by atoms with E-state index in [2.05, 4.69) is 76.8 Å². The number of hydrogen-bond acceptors (Lipinski definition) is 0. The summed E-state index contributed by atoms with van der Waals surface area (Å²) >= 11 is 10.2. The Labute approximate surface area is 108 Å². The van der Waals surface area contributed by atoms with E-state index >= 15 is 0 Å². The number of hydrogen-bond donors (Lipinski definition) is 1. The molecule has 0 saturated carbocycles. The van der Waals surface area contributed by atoms with Crippen molar-refractivity contribution >= 4 is 75.0 Å². The van der Waals surface area contributed by atoms with Gasteiger partial charge in [-0.1, -0.05) is 0 Å². The number of quaternary nitrogens is 1. The summed E-state index contributed by atoms with van der Waals surface area (Å²) in [7, 11) is 1.75. The van der Waals surface area contributed by atoms with Gasteiger partial charge in [-0.3, -0.25) is 0 Å². The van der Waals surface area contributed by atoms with Gasteiger partial charge in [0.15, 0.2) is 0 Å². The average molecular weight is 874 g/mol. The Kier molecular flexibility index (Phi) is 26.4. The summed E-state index contributed by atoms with van der Waals surface area (Å²) in [5.74, 6) is 0. The molecule has 3 N–H and O–H groups in total. The average Bonchev–Trinajstić information content (AvgIpc) is 1.36. The van der Waals surface area contributed by atoms with Crippen LogP contribution in [0.25, 0.3) is 0 Å². The van der Waals surface area contributed by atoms with Crippen LogP contribution in [-0.4, -0.2) is 11.0 Å². The fourth-order valence-electron chi connectivity index (χ4n) is 0. The monoisotopic (exact) mass is 875 g/mol. The zero-order valence-electron chi connectivity index (χ0n) is 4.10. The van der Waals surface area contributed by atoms with E-state index in [1.165, 1.54) is 0 Å². The van der Waals surface area contributed by atoms with Crippen LogP contribution in [0.5, 0.6) is 0 Å². The molecule has 0 saturated heterocycles. The van der Waals surface area contributed by atoms with Gasteiger partial charge in [-0.25, -0.2) is 0 Å². The molecule has 0 aliphatic rings. The molecule has 0 aliphatic carbocycles. The van der Waals surface area contributed by atoms with Gasteiger partial charge in [-0.15, -0.1) is 0 Å². The fraction of sp³-hybridized carbons (Fsp3) is 1.00. The molecular weight excluding hydrogens is 868 g/mol. The van der Waals surface area contributed by atoms with E-state index < -0.39 is 4.00 Å². The Hall–Kier alpha value is 4.53. The zero-order chi connectivity index (χ0) is 6.50. The van der Waals surface area contributed by atoms with Gasteiger partial charge in [0.2, 0.25) is 0 Å². The standard InChI is InChI=1S/CH5N.5HI.Pb/c1-2;;;;;;/h2H2,1H3;5*1H;/q;;;;;;+4/p-4. The molecule has 0 spiro atoms. The first kappa shape index (κ1) is 18.3. The molecule has 0 aromatic carbocycles. The van der Waals surface area contributed by atoms with Gasteiger partial charge >= 0.3 is 75.0 Å². The summed E-state index contributed by atoms with van der Waals surface area (Å²) in [6.07, 6.45) is 0. The van der Waals surface area contributed by atoms with Crippen LogP contribution in [0.2, 0.25) is 0 Å². The topological polar surface area (TPSA) is 27.6 Å². The molecule has 7 heteroatoms. The Bertz CT molecular complexity index is 27.9. The molecule has 0 amide bonds. The number of rotatable bonds is 0. The van der Waals surface area contributed by atoms with Crippen molar-refractivity contribution in [2.45, 2.75) is 0 Å². The molecule has 1 nitrogen and oxygen atoms in total. The van der Waals surface area contributed by atoms with E-state index in [0.717, 1.165) is 0 Å². The molecular formula is CH6I5NPb. The third kappa shape index (κ3) is 46.6. The first-order valence-electron chi connectivity index (χ1n) is 1.46. The summed E-state index contributed by atoms with van der Waals surface area (Å²) in [5, 5.41) is 0. The van der Waals surface area contributed by atoms with E-state index in [-0.39, 0.29) is 24.0 Å². The van der Waals surface area contributed by atoms with Crippen LogP contribution < -0.4 is 29.7 Å². The van der Waals surface area contributed by atoms with Crippen LogP contribution >= 0.6 is 71.0 Å². The third-order valence-corrected chi connectivity index (χ3v) is 0. The molecule has 0 fully saturated rings. The fourth-order valence-corrected chi connectivity index (χ4v) is 0. The number of halogens is 5. The molecule has 0 radical (unpaired) electrons. The van der Waals surface area contributed by atoms with Crippen molar-refractivity contribution in [2.75, 3.05) is 7.05 Å². The van der Waals surface area contributed by atoms with E-state index in [1.54, 1.807) is 7.05 Å². The molecule has 0 heterocycles. The minimum atomic E-state index is -1.40. The van der Waals surface area contributed by atoms with Gasteiger partial charge in [0.1, 0.15) is 0 Å². The SMILES string of the molecule is C[NH3+].[I-].[I][Pb]([I])([I])[I]. The van der Waals surface area contributed by atoms with Crippen LogP contribution in [0, 0.1) is 0 Å². The first-order valence-corrected chi connectivity index (χ1v) is 45.2.